The number of nitrogens with one attached hydrogen (secondary N) is 1. The zero-order valence-corrected chi connectivity index (χ0v) is 14.7. The van der Waals surface area contributed by atoms with Gasteiger partial charge in [-0.1, -0.05) is 12.1 Å². The Hall–Kier alpha value is -2.63. The first-order chi connectivity index (χ1) is 11.8. The van der Waals surface area contributed by atoms with E-state index in [9.17, 15) is 14.7 Å². The number of rotatable bonds is 6. The van der Waals surface area contributed by atoms with Crippen molar-refractivity contribution in [1.29, 1.82) is 0 Å². The lowest BCUT2D eigenvalue weighted by atomic mass is 9.95. The van der Waals surface area contributed by atoms with Crippen LogP contribution < -0.4 is 5.32 Å². The van der Waals surface area contributed by atoms with Crippen molar-refractivity contribution < 1.29 is 14.7 Å². The van der Waals surface area contributed by atoms with E-state index in [0.717, 1.165) is 29.8 Å². The highest BCUT2D eigenvalue weighted by Crippen LogP contribution is 2.39. The zero-order valence-electron chi connectivity index (χ0n) is 14.7. The van der Waals surface area contributed by atoms with Crippen molar-refractivity contribution in [2.45, 2.75) is 45.7 Å². The minimum Gasteiger partial charge on any atom is -0.480 e. The lowest BCUT2D eigenvalue weighted by Gasteiger charge is -2.26. The molecule has 1 amide bonds. The van der Waals surface area contributed by atoms with Crippen molar-refractivity contribution in [2.75, 3.05) is 0 Å². The number of carbonyl (C=O) groups excluding carboxylic acids is 1. The molecular weight excluding hydrogens is 318 g/mol. The van der Waals surface area contributed by atoms with Gasteiger partial charge in [0.1, 0.15) is 5.54 Å². The fraction of sp³-hybridized carbons (Fsp3) is 0.421. The molecule has 1 fully saturated rings. The molecule has 1 saturated carbocycles. The van der Waals surface area contributed by atoms with Gasteiger partial charge in [0.05, 0.1) is 12.2 Å². The predicted molar refractivity (Wildman–Crippen MR) is 93.5 cm³/mol. The van der Waals surface area contributed by atoms with Crippen LogP contribution in [0.15, 0.2) is 30.3 Å². The fourth-order valence-electron chi connectivity index (χ4n) is 3.12. The van der Waals surface area contributed by atoms with Crippen LogP contribution in [0.4, 0.5) is 0 Å². The van der Waals surface area contributed by atoms with Gasteiger partial charge in [0.25, 0.3) is 5.91 Å². The maximum absolute atomic E-state index is 12.6. The Kier molecular flexibility index (Phi) is 4.37. The van der Waals surface area contributed by atoms with Crippen molar-refractivity contribution in [1.82, 2.24) is 15.1 Å². The molecule has 1 aromatic carbocycles. The van der Waals surface area contributed by atoms with Crippen molar-refractivity contribution in [3.63, 3.8) is 0 Å². The molecule has 0 radical (unpaired) electrons. The van der Waals surface area contributed by atoms with Crippen LogP contribution in [-0.4, -0.2) is 32.3 Å². The van der Waals surface area contributed by atoms with E-state index in [-0.39, 0.29) is 11.8 Å². The number of nitrogens with zero attached hydrogens (tertiary/aromatic N) is 2. The quantitative estimate of drug-likeness (QED) is 0.845. The minimum absolute atomic E-state index is 0.00633. The van der Waals surface area contributed by atoms with Gasteiger partial charge in [-0.2, -0.15) is 5.10 Å². The molecule has 0 bridgehead atoms. The van der Waals surface area contributed by atoms with Gasteiger partial charge in [-0.05, 0) is 63.3 Å². The molecule has 1 heterocycles. The summed E-state index contributed by atoms with van der Waals surface area (Å²) < 4.78 is 1.89. The highest BCUT2D eigenvalue weighted by atomic mass is 16.4. The van der Waals surface area contributed by atoms with Crippen molar-refractivity contribution >= 4 is 11.9 Å². The van der Waals surface area contributed by atoms with Crippen LogP contribution in [0.2, 0.25) is 0 Å². The van der Waals surface area contributed by atoms with E-state index >= 15 is 0 Å². The molecule has 0 spiro atoms. The molecular formula is C19H23N3O3. The lowest BCUT2D eigenvalue weighted by Crippen LogP contribution is -2.54. The van der Waals surface area contributed by atoms with Crippen LogP contribution >= 0.6 is 0 Å². The molecule has 3 rings (SSSR count). The second-order valence-corrected chi connectivity index (χ2v) is 7.02. The number of carbonyl (C=O) groups is 2. The van der Waals surface area contributed by atoms with Gasteiger partial charge in [-0.25, -0.2) is 4.79 Å². The Morgan fingerprint density at radius 2 is 2.04 bits per heavy atom. The maximum atomic E-state index is 12.6. The summed E-state index contributed by atoms with van der Waals surface area (Å²) in [6.45, 7) is 6.09. The van der Waals surface area contributed by atoms with E-state index in [2.05, 4.69) is 10.4 Å². The van der Waals surface area contributed by atoms with Gasteiger partial charge in [-0.3, -0.25) is 9.48 Å². The summed E-state index contributed by atoms with van der Waals surface area (Å²) in [5.74, 6) is -1.33. The molecule has 25 heavy (non-hydrogen) atoms. The van der Waals surface area contributed by atoms with Gasteiger partial charge in [0.15, 0.2) is 0 Å². The van der Waals surface area contributed by atoms with Crippen LogP contribution in [0.5, 0.6) is 0 Å². The van der Waals surface area contributed by atoms with Gasteiger partial charge in [0, 0.05) is 11.3 Å². The Balaban J connectivity index is 1.77. The van der Waals surface area contributed by atoms with Crippen LogP contribution in [0.25, 0.3) is 0 Å². The fourth-order valence-corrected chi connectivity index (χ4v) is 3.12. The van der Waals surface area contributed by atoms with E-state index in [0.29, 0.717) is 12.1 Å². The zero-order chi connectivity index (χ0) is 18.2. The molecule has 0 aliphatic heterocycles. The average Bonchev–Trinajstić information content (AvgIpc) is 3.35. The van der Waals surface area contributed by atoms with Crippen LogP contribution in [-0.2, 0) is 11.3 Å². The first-order valence-corrected chi connectivity index (χ1v) is 8.45. The summed E-state index contributed by atoms with van der Waals surface area (Å²) in [4.78, 5) is 24.2. The molecule has 1 atom stereocenters. The predicted octanol–water partition coefficient (Wildman–Crippen LogP) is 2.53. The molecule has 1 aliphatic rings. The van der Waals surface area contributed by atoms with Gasteiger partial charge < -0.3 is 10.4 Å². The molecule has 6 heteroatoms. The molecule has 0 saturated heterocycles. The number of amides is 1. The monoisotopic (exact) mass is 341 g/mol. The van der Waals surface area contributed by atoms with Crippen LogP contribution in [0.3, 0.4) is 0 Å². The molecule has 132 valence electrons. The molecule has 1 aromatic heterocycles. The number of carboxylic acid groups (broad SMARTS) is 1. The second-order valence-electron chi connectivity index (χ2n) is 7.02. The Bertz CT molecular complexity index is 823. The summed E-state index contributed by atoms with van der Waals surface area (Å²) in [6.07, 6.45) is 1.67. The third-order valence-corrected chi connectivity index (χ3v) is 4.84. The van der Waals surface area contributed by atoms with E-state index < -0.39 is 11.5 Å². The first-order valence-electron chi connectivity index (χ1n) is 8.45. The van der Waals surface area contributed by atoms with Crippen LogP contribution in [0, 0.1) is 19.8 Å². The van der Waals surface area contributed by atoms with E-state index in [1.165, 1.54) is 0 Å². The number of hydrogen-bond donors (Lipinski definition) is 2. The van der Waals surface area contributed by atoms with Gasteiger partial charge in [0.2, 0.25) is 0 Å². The van der Waals surface area contributed by atoms with Gasteiger partial charge in [-0.15, -0.1) is 0 Å². The van der Waals surface area contributed by atoms with E-state index in [1.54, 1.807) is 19.1 Å². The highest BCUT2D eigenvalue weighted by Gasteiger charge is 2.48. The number of aryl methyl sites for hydroxylation is 2. The maximum Gasteiger partial charge on any atom is 0.329 e. The number of carboxylic acids is 1. The van der Waals surface area contributed by atoms with E-state index in [1.807, 2.05) is 36.7 Å². The van der Waals surface area contributed by atoms with Crippen molar-refractivity contribution in [3.05, 3.63) is 52.8 Å². The van der Waals surface area contributed by atoms with Crippen molar-refractivity contribution in [2.24, 2.45) is 5.92 Å². The summed E-state index contributed by atoms with van der Waals surface area (Å²) in [7, 11) is 0. The van der Waals surface area contributed by atoms with Crippen LogP contribution in [0.1, 0.15) is 47.1 Å². The lowest BCUT2D eigenvalue weighted by molar-refractivity contribution is -0.144. The number of hydrogen-bond acceptors (Lipinski definition) is 3. The molecule has 2 aromatic rings. The number of benzene rings is 1. The highest BCUT2D eigenvalue weighted by molar-refractivity contribution is 5.98. The molecule has 1 aliphatic carbocycles. The summed E-state index contributed by atoms with van der Waals surface area (Å²) in [5.41, 5.74) is 2.21. The number of aromatic nitrogens is 2. The van der Waals surface area contributed by atoms with Crippen molar-refractivity contribution in [3.8, 4) is 0 Å². The SMILES string of the molecule is Cc1cc(C)n(Cc2cccc(C(=O)NC(C)(C(=O)O)C3CC3)c2)n1. The van der Waals surface area contributed by atoms with Gasteiger partial charge >= 0.3 is 5.97 Å². The average molecular weight is 341 g/mol. The standard InChI is InChI=1S/C19H23N3O3/c1-12-9-13(2)22(21-12)11-14-5-4-6-15(10-14)17(23)20-19(3,18(24)25)16-7-8-16/h4-6,9-10,16H,7-8,11H2,1-3H3,(H,20,23)(H,24,25). The normalized spacial score (nSPS) is 16.3. The summed E-state index contributed by atoms with van der Waals surface area (Å²) >= 11 is 0. The largest absolute Gasteiger partial charge is 0.480 e. The first kappa shape index (κ1) is 17.2. The smallest absolute Gasteiger partial charge is 0.329 e. The summed E-state index contributed by atoms with van der Waals surface area (Å²) in [5, 5.41) is 16.6. The molecule has 1 unspecified atom stereocenters. The Morgan fingerprint density at radius 3 is 2.60 bits per heavy atom. The third-order valence-electron chi connectivity index (χ3n) is 4.84. The molecule has 2 N–H and O–H groups in total. The minimum atomic E-state index is -1.21. The summed E-state index contributed by atoms with van der Waals surface area (Å²) in [6, 6.07) is 9.25. The topological polar surface area (TPSA) is 84.2 Å². The number of aliphatic carboxylic acids is 1. The molecule has 6 nitrogen and oxygen atoms in total. The third kappa shape index (κ3) is 3.57. The Morgan fingerprint density at radius 1 is 1.32 bits per heavy atom. The second kappa shape index (κ2) is 6.35. The Labute approximate surface area is 146 Å². The van der Waals surface area contributed by atoms with E-state index in [4.69, 9.17) is 0 Å².